The van der Waals surface area contributed by atoms with Gasteiger partial charge in [0.1, 0.15) is 0 Å². The van der Waals surface area contributed by atoms with Crippen LogP contribution in [0.15, 0.2) is 0 Å². The first-order valence-electron chi connectivity index (χ1n) is 13.4. The van der Waals surface area contributed by atoms with Crippen LogP contribution in [0.2, 0.25) is 0 Å². The molecule has 0 heterocycles. The Kier molecular flexibility index (Phi) is 5.36. The molecule has 0 aromatic rings. The molecule has 0 N–H and O–H groups in total. The summed E-state index contributed by atoms with van der Waals surface area (Å²) < 4.78 is 11.6. The number of rotatable bonds is 6. The van der Waals surface area contributed by atoms with E-state index in [2.05, 4.69) is 27.7 Å². The molecule has 176 valence electrons. The van der Waals surface area contributed by atoms with Gasteiger partial charge in [-0.05, 0) is 111 Å². The Morgan fingerprint density at radius 2 is 1.84 bits per heavy atom. The molecule has 0 radical (unpaired) electrons. The lowest BCUT2D eigenvalue weighted by atomic mass is 9.45. The van der Waals surface area contributed by atoms with Crippen molar-refractivity contribution in [2.45, 2.75) is 98.5 Å². The number of carbonyl (C=O) groups is 1. The van der Waals surface area contributed by atoms with Crippen molar-refractivity contribution in [1.29, 1.82) is 0 Å². The van der Waals surface area contributed by atoms with Gasteiger partial charge < -0.3 is 9.47 Å². The Labute approximate surface area is 190 Å². The Morgan fingerprint density at radius 3 is 2.52 bits per heavy atom. The third kappa shape index (κ3) is 2.90. The van der Waals surface area contributed by atoms with Gasteiger partial charge in [-0.1, -0.05) is 27.7 Å². The molecule has 0 saturated heterocycles. The lowest BCUT2D eigenvalue weighted by Crippen LogP contribution is -2.57. The fraction of sp³-hybridized carbons (Fsp3) is 0.964. The minimum absolute atomic E-state index is 0.00795. The van der Waals surface area contributed by atoms with E-state index in [9.17, 15) is 4.79 Å². The topological polar surface area (TPSA) is 35.5 Å². The molecule has 5 aliphatic carbocycles. The molecule has 2 unspecified atom stereocenters. The summed E-state index contributed by atoms with van der Waals surface area (Å²) in [6, 6.07) is 0. The zero-order valence-corrected chi connectivity index (χ0v) is 20.9. The first-order valence-corrected chi connectivity index (χ1v) is 13.4. The van der Waals surface area contributed by atoms with Crippen molar-refractivity contribution >= 4 is 5.97 Å². The fourth-order valence-electron chi connectivity index (χ4n) is 10.7. The lowest BCUT2D eigenvalue weighted by Gasteiger charge is -2.61. The predicted molar refractivity (Wildman–Crippen MR) is 123 cm³/mol. The predicted octanol–water partition coefficient (Wildman–Crippen LogP) is 6.50. The Balaban J connectivity index is 1.35. The molecule has 0 bridgehead atoms. The van der Waals surface area contributed by atoms with Crippen molar-refractivity contribution in [3.63, 3.8) is 0 Å². The molecular weight excluding hydrogens is 384 g/mol. The lowest BCUT2D eigenvalue weighted by molar-refractivity contribution is -0.161. The van der Waals surface area contributed by atoms with E-state index in [1.165, 1.54) is 51.4 Å². The maximum atomic E-state index is 12.3. The smallest absolute Gasteiger partial charge is 0.308 e. The summed E-state index contributed by atoms with van der Waals surface area (Å²) in [4.78, 5) is 12.3. The van der Waals surface area contributed by atoms with Crippen LogP contribution in [0.1, 0.15) is 92.4 Å². The van der Waals surface area contributed by atoms with Crippen LogP contribution in [0.4, 0.5) is 0 Å². The van der Waals surface area contributed by atoms with Gasteiger partial charge in [0.25, 0.3) is 0 Å². The van der Waals surface area contributed by atoms with Crippen molar-refractivity contribution in [3.8, 4) is 0 Å². The molecule has 3 nitrogen and oxygen atoms in total. The minimum Gasteiger partial charge on any atom is -0.466 e. The van der Waals surface area contributed by atoms with Crippen LogP contribution in [-0.2, 0) is 14.3 Å². The summed E-state index contributed by atoms with van der Waals surface area (Å²) in [7, 11) is 1.99. The molecule has 5 fully saturated rings. The van der Waals surface area contributed by atoms with Crippen molar-refractivity contribution in [1.82, 2.24) is 0 Å². The third-order valence-corrected chi connectivity index (χ3v) is 12.0. The number of methoxy groups -OCH3 is 1. The van der Waals surface area contributed by atoms with Gasteiger partial charge in [0, 0.05) is 12.5 Å². The summed E-state index contributed by atoms with van der Waals surface area (Å²) in [6.45, 7) is 12.2. The standard InChI is InChI=1S/C28H46O3/c1-7-31-25(29)18(3)14-17(2)21-8-9-22-20-15-24(30-6)28-16-19(28)10-13-27(28,5)23(20)11-12-26(21,22)4/h17-24H,7-16H2,1-6H3/t17-,18-,19-,20+,21-,22+,23+,24?,26-,27-,28?/m1/s1. The average Bonchev–Trinajstić information content (AvgIpc) is 3.24. The second kappa shape index (κ2) is 7.47. The van der Waals surface area contributed by atoms with E-state index >= 15 is 0 Å². The summed E-state index contributed by atoms with van der Waals surface area (Å²) in [5, 5.41) is 0. The maximum Gasteiger partial charge on any atom is 0.308 e. The first-order chi connectivity index (χ1) is 14.7. The largest absolute Gasteiger partial charge is 0.466 e. The van der Waals surface area contributed by atoms with E-state index in [-0.39, 0.29) is 11.9 Å². The monoisotopic (exact) mass is 430 g/mol. The summed E-state index contributed by atoms with van der Waals surface area (Å²) >= 11 is 0. The van der Waals surface area contributed by atoms with Crippen LogP contribution in [0.5, 0.6) is 0 Å². The third-order valence-electron chi connectivity index (χ3n) is 12.0. The maximum absolute atomic E-state index is 12.3. The van der Waals surface area contributed by atoms with Crippen LogP contribution in [0, 0.1) is 57.7 Å². The molecule has 0 aliphatic heterocycles. The zero-order chi connectivity index (χ0) is 22.2. The number of hydrogen-bond acceptors (Lipinski definition) is 3. The molecule has 5 aliphatic rings. The summed E-state index contributed by atoms with van der Waals surface area (Å²) in [5.41, 5.74) is 1.48. The van der Waals surface area contributed by atoms with E-state index in [1.807, 2.05) is 14.0 Å². The van der Waals surface area contributed by atoms with E-state index in [4.69, 9.17) is 9.47 Å². The van der Waals surface area contributed by atoms with E-state index < -0.39 is 0 Å². The number of carbonyl (C=O) groups excluding carboxylic acids is 1. The second-order valence-corrected chi connectivity index (χ2v) is 12.8. The van der Waals surface area contributed by atoms with Gasteiger partial charge in [-0.3, -0.25) is 4.79 Å². The normalized spacial score (nSPS) is 51.8. The van der Waals surface area contributed by atoms with Crippen molar-refractivity contribution in [2.24, 2.45) is 57.7 Å². The molecular formula is C28H46O3. The molecule has 0 aromatic carbocycles. The van der Waals surface area contributed by atoms with Crippen LogP contribution >= 0.6 is 0 Å². The second-order valence-electron chi connectivity index (χ2n) is 12.8. The first kappa shape index (κ1) is 22.2. The Bertz CT molecular complexity index is 719. The van der Waals surface area contributed by atoms with Gasteiger partial charge in [0.15, 0.2) is 0 Å². The SMILES string of the molecule is CCOC(=O)[C@H](C)C[C@@H](C)[C@H]1CC[C@H]2[C@@H]3CC(OC)C45C[C@H]4CC[C@]5(C)[C@H]3CC[C@]12C. The molecule has 0 aromatic heterocycles. The minimum atomic E-state index is -0.00795. The quantitative estimate of drug-likeness (QED) is 0.451. The van der Waals surface area contributed by atoms with Crippen LogP contribution < -0.4 is 0 Å². The highest BCUT2D eigenvalue weighted by molar-refractivity contribution is 5.71. The van der Waals surface area contributed by atoms with Crippen molar-refractivity contribution in [2.75, 3.05) is 13.7 Å². The molecule has 11 atom stereocenters. The number of fused-ring (bicyclic) bond motifs is 4. The summed E-state index contributed by atoms with van der Waals surface area (Å²) in [6.07, 6.45) is 12.7. The van der Waals surface area contributed by atoms with Gasteiger partial charge in [-0.2, -0.15) is 0 Å². The van der Waals surface area contributed by atoms with Gasteiger partial charge in [-0.15, -0.1) is 0 Å². The molecule has 5 rings (SSSR count). The highest BCUT2D eigenvalue weighted by atomic mass is 16.5. The van der Waals surface area contributed by atoms with Gasteiger partial charge in [0.05, 0.1) is 18.6 Å². The van der Waals surface area contributed by atoms with Gasteiger partial charge in [-0.25, -0.2) is 0 Å². The number of esters is 1. The van der Waals surface area contributed by atoms with Crippen molar-refractivity contribution in [3.05, 3.63) is 0 Å². The van der Waals surface area contributed by atoms with Crippen LogP contribution in [0.25, 0.3) is 0 Å². The molecule has 3 heteroatoms. The molecule has 31 heavy (non-hydrogen) atoms. The zero-order valence-electron chi connectivity index (χ0n) is 20.9. The Hall–Kier alpha value is -0.570. The van der Waals surface area contributed by atoms with Crippen LogP contribution in [0.3, 0.4) is 0 Å². The molecule has 0 amide bonds. The van der Waals surface area contributed by atoms with Crippen LogP contribution in [-0.4, -0.2) is 25.8 Å². The van der Waals surface area contributed by atoms with E-state index in [0.717, 1.165) is 36.0 Å². The van der Waals surface area contributed by atoms with Gasteiger partial charge in [0.2, 0.25) is 0 Å². The van der Waals surface area contributed by atoms with E-state index in [0.29, 0.717) is 34.9 Å². The fourth-order valence-corrected chi connectivity index (χ4v) is 10.7. The summed E-state index contributed by atoms with van der Waals surface area (Å²) in [5.74, 6) is 4.91. The molecule has 1 spiro atoms. The molecule has 5 saturated carbocycles. The average molecular weight is 431 g/mol. The van der Waals surface area contributed by atoms with Gasteiger partial charge >= 0.3 is 5.97 Å². The van der Waals surface area contributed by atoms with Crippen molar-refractivity contribution < 1.29 is 14.3 Å². The highest BCUT2D eigenvalue weighted by Gasteiger charge is 2.77. The van der Waals surface area contributed by atoms with E-state index in [1.54, 1.807) is 0 Å². The Morgan fingerprint density at radius 1 is 1.06 bits per heavy atom. The highest BCUT2D eigenvalue weighted by Crippen LogP contribution is 2.82. The number of hydrogen-bond donors (Lipinski definition) is 0. The number of ether oxygens (including phenoxy) is 2.